The molecular weight excluding hydrogens is 264 g/mol. The SMILES string of the molecule is CC1CN2CCCC2CN1CC1Cc2ccccc2S1. The van der Waals surface area contributed by atoms with Crippen LogP contribution >= 0.6 is 11.8 Å². The van der Waals surface area contributed by atoms with Crippen LogP contribution in [-0.4, -0.2) is 53.3 Å². The molecule has 3 aliphatic rings. The molecule has 0 aromatic heterocycles. The Morgan fingerprint density at radius 2 is 2.15 bits per heavy atom. The van der Waals surface area contributed by atoms with Gasteiger partial charge in [0.1, 0.15) is 0 Å². The van der Waals surface area contributed by atoms with E-state index in [0.717, 1.165) is 17.3 Å². The first kappa shape index (κ1) is 13.2. The van der Waals surface area contributed by atoms with Crippen molar-refractivity contribution >= 4 is 11.8 Å². The summed E-state index contributed by atoms with van der Waals surface area (Å²) in [6.07, 6.45) is 4.09. The maximum atomic E-state index is 2.76. The van der Waals surface area contributed by atoms with Crippen molar-refractivity contribution in [3.63, 3.8) is 0 Å². The second-order valence-electron chi connectivity index (χ2n) is 6.65. The summed E-state index contributed by atoms with van der Waals surface area (Å²) < 4.78 is 0. The molecule has 3 heterocycles. The van der Waals surface area contributed by atoms with E-state index in [-0.39, 0.29) is 0 Å². The third-order valence-corrected chi connectivity index (χ3v) is 6.52. The van der Waals surface area contributed by atoms with Crippen molar-refractivity contribution in [1.29, 1.82) is 0 Å². The van der Waals surface area contributed by atoms with Crippen molar-refractivity contribution in [2.24, 2.45) is 0 Å². The number of thioether (sulfide) groups is 1. The van der Waals surface area contributed by atoms with Gasteiger partial charge in [-0.25, -0.2) is 0 Å². The smallest absolute Gasteiger partial charge is 0.0263 e. The van der Waals surface area contributed by atoms with Gasteiger partial charge in [0.15, 0.2) is 0 Å². The molecule has 0 aliphatic carbocycles. The molecule has 3 unspecified atom stereocenters. The van der Waals surface area contributed by atoms with Crippen LogP contribution in [0.15, 0.2) is 29.2 Å². The molecular formula is C17H24N2S. The number of hydrogen-bond donors (Lipinski definition) is 0. The summed E-state index contributed by atoms with van der Waals surface area (Å²) in [5, 5.41) is 0.766. The minimum atomic E-state index is 0.730. The van der Waals surface area contributed by atoms with E-state index in [1.807, 2.05) is 0 Å². The maximum absolute atomic E-state index is 2.76. The monoisotopic (exact) mass is 288 g/mol. The quantitative estimate of drug-likeness (QED) is 0.826. The normalized spacial score (nSPS) is 34.1. The first-order valence-corrected chi connectivity index (χ1v) is 8.90. The highest BCUT2D eigenvalue weighted by molar-refractivity contribution is 8.00. The fourth-order valence-corrected chi connectivity index (χ4v) is 5.47. The molecule has 0 radical (unpaired) electrons. The molecule has 1 aromatic carbocycles. The molecule has 4 rings (SSSR count). The largest absolute Gasteiger partial charge is 0.298 e. The van der Waals surface area contributed by atoms with Crippen LogP contribution in [0.1, 0.15) is 25.3 Å². The van der Waals surface area contributed by atoms with Crippen molar-refractivity contribution < 1.29 is 0 Å². The lowest BCUT2D eigenvalue weighted by molar-refractivity contribution is 0.0601. The van der Waals surface area contributed by atoms with Gasteiger partial charge in [0.2, 0.25) is 0 Å². The Morgan fingerprint density at radius 1 is 1.25 bits per heavy atom. The number of hydrogen-bond acceptors (Lipinski definition) is 3. The van der Waals surface area contributed by atoms with E-state index in [9.17, 15) is 0 Å². The van der Waals surface area contributed by atoms with E-state index >= 15 is 0 Å². The van der Waals surface area contributed by atoms with Crippen LogP contribution in [0.25, 0.3) is 0 Å². The number of nitrogens with zero attached hydrogens (tertiary/aromatic N) is 2. The highest BCUT2D eigenvalue weighted by Gasteiger charge is 2.35. The van der Waals surface area contributed by atoms with E-state index < -0.39 is 0 Å². The van der Waals surface area contributed by atoms with E-state index in [0.29, 0.717) is 0 Å². The van der Waals surface area contributed by atoms with Crippen molar-refractivity contribution in [1.82, 2.24) is 9.80 Å². The second kappa shape index (κ2) is 5.36. The van der Waals surface area contributed by atoms with Gasteiger partial charge >= 0.3 is 0 Å². The Bertz CT molecular complexity index is 465. The zero-order valence-corrected chi connectivity index (χ0v) is 13.1. The molecule has 0 bridgehead atoms. The molecule has 0 saturated carbocycles. The van der Waals surface area contributed by atoms with Gasteiger partial charge in [0.25, 0.3) is 0 Å². The molecule has 3 aliphatic heterocycles. The van der Waals surface area contributed by atoms with Crippen LogP contribution in [0.5, 0.6) is 0 Å². The molecule has 0 amide bonds. The summed E-state index contributed by atoms with van der Waals surface area (Å²) >= 11 is 2.10. The lowest BCUT2D eigenvalue weighted by Gasteiger charge is -2.43. The van der Waals surface area contributed by atoms with Gasteiger partial charge in [-0.2, -0.15) is 0 Å². The van der Waals surface area contributed by atoms with Crippen LogP contribution in [0.3, 0.4) is 0 Å². The van der Waals surface area contributed by atoms with Crippen LogP contribution < -0.4 is 0 Å². The fraction of sp³-hybridized carbons (Fsp3) is 0.647. The standard InChI is InChI=1S/C17H24N2S/c1-13-10-18-8-4-6-15(18)11-19(13)12-16-9-14-5-2-3-7-17(14)20-16/h2-3,5,7,13,15-16H,4,6,8-12H2,1H3. The van der Waals surface area contributed by atoms with Gasteiger partial charge in [0, 0.05) is 41.9 Å². The first-order valence-electron chi connectivity index (χ1n) is 8.02. The van der Waals surface area contributed by atoms with Crippen LogP contribution in [-0.2, 0) is 6.42 Å². The van der Waals surface area contributed by atoms with Gasteiger partial charge in [-0.15, -0.1) is 11.8 Å². The van der Waals surface area contributed by atoms with E-state index in [1.165, 1.54) is 50.3 Å². The number of fused-ring (bicyclic) bond motifs is 2. The Kier molecular flexibility index (Phi) is 3.53. The van der Waals surface area contributed by atoms with Gasteiger partial charge in [0.05, 0.1) is 0 Å². The summed E-state index contributed by atoms with van der Waals surface area (Å²) in [5.41, 5.74) is 1.56. The lowest BCUT2D eigenvalue weighted by atomic mass is 10.1. The molecule has 3 heteroatoms. The third-order valence-electron chi connectivity index (χ3n) is 5.22. The summed E-state index contributed by atoms with van der Waals surface area (Å²) in [6.45, 7) is 7.61. The lowest BCUT2D eigenvalue weighted by Crippen LogP contribution is -2.56. The topological polar surface area (TPSA) is 6.48 Å². The zero-order valence-electron chi connectivity index (χ0n) is 12.3. The van der Waals surface area contributed by atoms with Gasteiger partial charge < -0.3 is 0 Å². The minimum absolute atomic E-state index is 0.730. The summed E-state index contributed by atoms with van der Waals surface area (Å²) in [6, 6.07) is 10.5. The van der Waals surface area contributed by atoms with Crippen molar-refractivity contribution in [3.05, 3.63) is 29.8 Å². The number of benzene rings is 1. The molecule has 0 N–H and O–H groups in total. The predicted octanol–water partition coefficient (Wildman–Crippen LogP) is 2.87. The maximum Gasteiger partial charge on any atom is 0.0263 e. The van der Waals surface area contributed by atoms with Crippen LogP contribution in [0.2, 0.25) is 0 Å². The second-order valence-corrected chi connectivity index (χ2v) is 7.99. The summed E-state index contributed by atoms with van der Waals surface area (Å²) in [4.78, 5) is 7.00. The van der Waals surface area contributed by atoms with Crippen molar-refractivity contribution in [3.8, 4) is 0 Å². The van der Waals surface area contributed by atoms with Crippen LogP contribution in [0, 0.1) is 0 Å². The Hall–Kier alpha value is -0.510. The molecule has 2 fully saturated rings. The highest BCUT2D eigenvalue weighted by Crippen LogP contribution is 2.37. The molecule has 20 heavy (non-hydrogen) atoms. The van der Waals surface area contributed by atoms with Crippen molar-refractivity contribution in [2.45, 2.75) is 48.4 Å². The highest BCUT2D eigenvalue weighted by atomic mass is 32.2. The zero-order chi connectivity index (χ0) is 13.5. The number of piperazine rings is 1. The molecule has 0 spiro atoms. The van der Waals surface area contributed by atoms with Crippen molar-refractivity contribution in [2.75, 3.05) is 26.2 Å². The van der Waals surface area contributed by atoms with Gasteiger partial charge in [-0.3, -0.25) is 9.80 Å². The van der Waals surface area contributed by atoms with E-state index in [1.54, 1.807) is 5.56 Å². The predicted molar refractivity (Wildman–Crippen MR) is 85.4 cm³/mol. The fourth-order valence-electron chi connectivity index (χ4n) is 4.12. The Labute approximate surface area is 126 Å². The average molecular weight is 288 g/mol. The van der Waals surface area contributed by atoms with E-state index in [2.05, 4.69) is 52.8 Å². The average Bonchev–Trinajstić information content (AvgIpc) is 3.04. The summed E-state index contributed by atoms with van der Waals surface area (Å²) in [7, 11) is 0. The van der Waals surface area contributed by atoms with Gasteiger partial charge in [-0.1, -0.05) is 18.2 Å². The first-order chi connectivity index (χ1) is 9.79. The third kappa shape index (κ3) is 2.40. The molecule has 2 nitrogen and oxygen atoms in total. The molecule has 2 saturated heterocycles. The molecule has 1 aromatic rings. The Balaban J connectivity index is 1.40. The molecule has 108 valence electrons. The van der Waals surface area contributed by atoms with Crippen LogP contribution in [0.4, 0.5) is 0 Å². The Morgan fingerprint density at radius 3 is 3.05 bits per heavy atom. The number of rotatable bonds is 2. The molecule has 3 atom stereocenters. The summed E-state index contributed by atoms with van der Waals surface area (Å²) in [5.74, 6) is 0. The van der Waals surface area contributed by atoms with E-state index in [4.69, 9.17) is 0 Å². The van der Waals surface area contributed by atoms with Gasteiger partial charge in [-0.05, 0) is 44.4 Å². The minimum Gasteiger partial charge on any atom is -0.298 e.